The summed E-state index contributed by atoms with van der Waals surface area (Å²) < 4.78 is 12.9. The molecule has 0 radical (unpaired) electrons. The van der Waals surface area contributed by atoms with Crippen LogP contribution >= 0.6 is 11.3 Å². The third kappa shape index (κ3) is 4.89. The van der Waals surface area contributed by atoms with Crippen LogP contribution in [-0.2, 0) is 6.42 Å². The number of amides is 1. The Labute approximate surface area is 133 Å². The Bertz CT molecular complexity index is 612. The molecule has 0 aliphatic carbocycles. The average molecular weight is 321 g/mol. The van der Waals surface area contributed by atoms with Crippen LogP contribution in [0.15, 0.2) is 29.6 Å². The van der Waals surface area contributed by atoms with E-state index in [4.69, 9.17) is 0 Å². The van der Waals surface area contributed by atoms with Gasteiger partial charge in [0.1, 0.15) is 11.5 Å². The summed E-state index contributed by atoms with van der Waals surface area (Å²) in [5.74, 6) is -0.413. The van der Waals surface area contributed by atoms with Gasteiger partial charge in [-0.2, -0.15) is 0 Å². The molecule has 2 aromatic rings. The van der Waals surface area contributed by atoms with Gasteiger partial charge in [0.25, 0.3) is 5.91 Å². The maximum atomic E-state index is 12.9. The Balaban J connectivity index is 1.90. The Morgan fingerprint density at radius 1 is 1.36 bits per heavy atom. The van der Waals surface area contributed by atoms with Crippen molar-refractivity contribution >= 4 is 17.2 Å². The lowest BCUT2D eigenvalue weighted by Crippen LogP contribution is -2.38. The molecule has 1 aromatic carbocycles. The first kappa shape index (κ1) is 16.6. The lowest BCUT2D eigenvalue weighted by Gasteiger charge is -2.12. The van der Waals surface area contributed by atoms with Crippen LogP contribution in [0.5, 0.6) is 0 Å². The van der Waals surface area contributed by atoms with E-state index in [1.165, 1.54) is 23.5 Å². The summed E-state index contributed by atoms with van der Waals surface area (Å²) in [6.45, 7) is 5.48. The lowest BCUT2D eigenvalue weighted by atomic mass is 10.1. The molecule has 0 unspecified atom stereocenters. The van der Waals surface area contributed by atoms with Crippen LogP contribution < -0.4 is 10.6 Å². The number of nitrogens with one attached hydrogen (secondary N) is 2. The topological polar surface area (TPSA) is 54.0 Å². The molecule has 118 valence electrons. The maximum absolute atomic E-state index is 12.9. The Morgan fingerprint density at radius 3 is 2.77 bits per heavy atom. The molecule has 0 aliphatic rings. The van der Waals surface area contributed by atoms with Gasteiger partial charge < -0.3 is 10.6 Å². The van der Waals surface area contributed by atoms with E-state index in [1.807, 2.05) is 13.8 Å². The first-order valence-corrected chi connectivity index (χ1v) is 8.17. The van der Waals surface area contributed by atoms with Crippen LogP contribution in [0.3, 0.4) is 0 Å². The number of carbonyl (C=O) groups excluding carboxylic acids is 1. The van der Waals surface area contributed by atoms with Crippen molar-refractivity contribution in [2.45, 2.75) is 26.3 Å². The standard InChI is InChI=1S/C16H20FN3OS/c1-3-18-11(2)9-19-16(21)14-10-22-15(20-14)8-12-4-6-13(17)7-5-12/h4-7,10-11,18H,3,8-9H2,1-2H3,(H,19,21)/t11-/m1/s1. The summed E-state index contributed by atoms with van der Waals surface area (Å²) in [7, 11) is 0. The zero-order valence-electron chi connectivity index (χ0n) is 12.7. The number of hydrogen-bond acceptors (Lipinski definition) is 4. The number of aromatic nitrogens is 1. The molecular weight excluding hydrogens is 301 g/mol. The summed E-state index contributed by atoms with van der Waals surface area (Å²) in [5, 5.41) is 8.69. The van der Waals surface area contributed by atoms with Crippen LogP contribution in [0, 0.1) is 5.82 Å². The third-order valence-electron chi connectivity index (χ3n) is 3.17. The van der Waals surface area contributed by atoms with Gasteiger partial charge >= 0.3 is 0 Å². The Morgan fingerprint density at radius 2 is 2.09 bits per heavy atom. The predicted molar refractivity (Wildman–Crippen MR) is 86.8 cm³/mol. The quantitative estimate of drug-likeness (QED) is 0.824. The molecule has 1 amide bonds. The minimum Gasteiger partial charge on any atom is -0.349 e. The van der Waals surface area contributed by atoms with Gasteiger partial charge in [0.2, 0.25) is 0 Å². The first-order valence-electron chi connectivity index (χ1n) is 7.29. The van der Waals surface area contributed by atoms with Crippen LogP contribution in [-0.4, -0.2) is 30.0 Å². The molecule has 0 fully saturated rings. The summed E-state index contributed by atoms with van der Waals surface area (Å²) >= 11 is 1.44. The second-order valence-electron chi connectivity index (χ2n) is 5.10. The number of carbonyl (C=O) groups is 1. The van der Waals surface area contributed by atoms with Gasteiger partial charge in [0.15, 0.2) is 0 Å². The van der Waals surface area contributed by atoms with Gasteiger partial charge in [0, 0.05) is 24.4 Å². The molecule has 0 saturated heterocycles. The average Bonchev–Trinajstić information content (AvgIpc) is 2.96. The highest BCUT2D eigenvalue weighted by Crippen LogP contribution is 2.15. The molecule has 0 saturated carbocycles. The fourth-order valence-corrected chi connectivity index (χ4v) is 2.84. The van der Waals surface area contributed by atoms with Crippen molar-refractivity contribution in [2.24, 2.45) is 0 Å². The van der Waals surface area contributed by atoms with Gasteiger partial charge in [-0.25, -0.2) is 9.37 Å². The molecule has 22 heavy (non-hydrogen) atoms. The highest BCUT2D eigenvalue weighted by atomic mass is 32.1. The van der Waals surface area contributed by atoms with Crippen molar-refractivity contribution in [3.05, 3.63) is 51.7 Å². The summed E-state index contributed by atoms with van der Waals surface area (Å²) in [4.78, 5) is 16.4. The van der Waals surface area contributed by atoms with E-state index >= 15 is 0 Å². The van der Waals surface area contributed by atoms with Crippen LogP contribution in [0.2, 0.25) is 0 Å². The van der Waals surface area contributed by atoms with Crippen LogP contribution in [0.25, 0.3) is 0 Å². The van der Waals surface area contributed by atoms with E-state index in [0.29, 0.717) is 18.7 Å². The highest BCUT2D eigenvalue weighted by molar-refractivity contribution is 7.09. The first-order chi connectivity index (χ1) is 10.6. The number of thiazole rings is 1. The number of nitrogens with zero attached hydrogens (tertiary/aromatic N) is 1. The van der Waals surface area contributed by atoms with E-state index in [9.17, 15) is 9.18 Å². The minimum atomic E-state index is -0.252. The Hall–Kier alpha value is -1.79. The van der Waals surface area contributed by atoms with Crippen molar-refractivity contribution < 1.29 is 9.18 Å². The molecule has 0 bridgehead atoms. The van der Waals surface area contributed by atoms with Crippen molar-refractivity contribution in [3.63, 3.8) is 0 Å². The normalized spacial score (nSPS) is 12.1. The molecular formula is C16H20FN3OS. The van der Waals surface area contributed by atoms with E-state index in [2.05, 4.69) is 15.6 Å². The monoisotopic (exact) mass is 321 g/mol. The minimum absolute atomic E-state index is 0.161. The fraction of sp³-hybridized carbons (Fsp3) is 0.375. The third-order valence-corrected chi connectivity index (χ3v) is 4.02. The van der Waals surface area contributed by atoms with Crippen molar-refractivity contribution in [2.75, 3.05) is 13.1 Å². The summed E-state index contributed by atoms with van der Waals surface area (Å²) in [5.41, 5.74) is 1.41. The molecule has 1 aromatic heterocycles. The smallest absolute Gasteiger partial charge is 0.270 e. The van der Waals surface area contributed by atoms with Gasteiger partial charge in [-0.3, -0.25) is 4.79 Å². The molecule has 1 heterocycles. The fourth-order valence-electron chi connectivity index (χ4n) is 2.03. The predicted octanol–water partition coefficient (Wildman–Crippen LogP) is 2.60. The van der Waals surface area contributed by atoms with Crippen molar-refractivity contribution in [1.82, 2.24) is 15.6 Å². The SMILES string of the molecule is CCN[C@H](C)CNC(=O)c1csc(Cc2ccc(F)cc2)n1. The van der Waals surface area contributed by atoms with E-state index in [-0.39, 0.29) is 17.8 Å². The van der Waals surface area contributed by atoms with E-state index in [1.54, 1.807) is 17.5 Å². The van der Waals surface area contributed by atoms with Gasteiger partial charge in [-0.1, -0.05) is 19.1 Å². The van der Waals surface area contributed by atoms with Crippen molar-refractivity contribution in [1.29, 1.82) is 0 Å². The second kappa shape index (κ2) is 8.00. The molecule has 6 heteroatoms. The van der Waals surface area contributed by atoms with E-state index in [0.717, 1.165) is 17.1 Å². The molecule has 4 nitrogen and oxygen atoms in total. The number of hydrogen-bond donors (Lipinski definition) is 2. The molecule has 0 aliphatic heterocycles. The maximum Gasteiger partial charge on any atom is 0.270 e. The largest absolute Gasteiger partial charge is 0.349 e. The van der Waals surface area contributed by atoms with E-state index < -0.39 is 0 Å². The van der Waals surface area contributed by atoms with Gasteiger partial charge in [-0.15, -0.1) is 11.3 Å². The lowest BCUT2D eigenvalue weighted by molar-refractivity contribution is 0.0946. The number of halogens is 1. The number of rotatable bonds is 7. The van der Waals surface area contributed by atoms with Gasteiger partial charge in [-0.05, 0) is 31.2 Å². The molecule has 1 atom stereocenters. The van der Waals surface area contributed by atoms with Crippen LogP contribution in [0.1, 0.15) is 34.9 Å². The summed E-state index contributed by atoms with van der Waals surface area (Å²) in [6.07, 6.45) is 0.603. The highest BCUT2D eigenvalue weighted by Gasteiger charge is 2.12. The zero-order chi connectivity index (χ0) is 15.9. The van der Waals surface area contributed by atoms with Gasteiger partial charge in [0.05, 0.1) is 5.01 Å². The number of benzene rings is 1. The molecule has 2 rings (SSSR count). The molecule has 2 N–H and O–H groups in total. The Kier molecular flexibility index (Phi) is 6.03. The summed E-state index contributed by atoms with van der Waals surface area (Å²) in [6, 6.07) is 6.55. The second-order valence-corrected chi connectivity index (χ2v) is 6.04. The zero-order valence-corrected chi connectivity index (χ0v) is 13.5. The number of likely N-dealkylation sites (N-methyl/N-ethyl adjacent to an activating group) is 1. The van der Waals surface area contributed by atoms with Crippen molar-refractivity contribution in [3.8, 4) is 0 Å². The van der Waals surface area contributed by atoms with Crippen LogP contribution in [0.4, 0.5) is 4.39 Å². The molecule has 0 spiro atoms.